The summed E-state index contributed by atoms with van der Waals surface area (Å²) in [5.74, 6) is -2.43. The first-order valence-electron chi connectivity index (χ1n) is 8.75. The molecule has 5 nitrogen and oxygen atoms in total. The minimum atomic E-state index is -3.44. The molecule has 1 N–H and O–H groups in total. The van der Waals surface area contributed by atoms with E-state index in [4.69, 9.17) is 0 Å². The molecule has 0 aliphatic rings. The zero-order valence-electron chi connectivity index (χ0n) is 15.5. The molecule has 9 heteroatoms. The van der Waals surface area contributed by atoms with Crippen molar-refractivity contribution in [3.8, 4) is 11.3 Å². The maximum absolute atomic E-state index is 13.3. The smallest absolute Gasteiger partial charge is 0.226 e. The van der Waals surface area contributed by atoms with E-state index in [0.717, 1.165) is 29.0 Å². The van der Waals surface area contributed by atoms with E-state index < -0.39 is 21.5 Å². The largest absolute Gasteiger partial charge is 0.302 e. The Morgan fingerprint density at radius 2 is 1.83 bits per heavy atom. The number of carbonyl (C=O) groups is 1. The fraction of sp³-hybridized carbons (Fsp3) is 0.200. The summed E-state index contributed by atoms with van der Waals surface area (Å²) in [5.41, 5.74) is 1.77. The van der Waals surface area contributed by atoms with Crippen LogP contribution in [0.1, 0.15) is 18.4 Å². The number of halogens is 2. The Hall–Kier alpha value is -2.65. The van der Waals surface area contributed by atoms with Crippen LogP contribution in [-0.2, 0) is 14.6 Å². The second kappa shape index (κ2) is 8.79. The van der Waals surface area contributed by atoms with E-state index >= 15 is 0 Å². The number of carbonyl (C=O) groups excluding carboxylic acids is 1. The molecule has 152 valence electrons. The van der Waals surface area contributed by atoms with Gasteiger partial charge in [0.1, 0.15) is 0 Å². The van der Waals surface area contributed by atoms with Gasteiger partial charge in [0.25, 0.3) is 0 Å². The number of thiazole rings is 1. The monoisotopic (exact) mass is 436 g/mol. The van der Waals surface area contributed by atoms with Gasteiger partial charge in [-0.3, -0.25) is 4.79 Å². The van der Waals surface area contributed by atoms with Crippen molar-refractivity contribution in [1.29, 1.82) is 0 Å². The maximum atomic E-state index is 13.3. The Labute approximate surface area is 171 Å². The molecule has 0 aliphatic heterocycles. The summed E-state index contributed by atoms with van der Waals surface area (Å²) in [6, 6.07) is 10.0. The van der Waals surface area contributed by atoms with E-state index in [2.05, 4.69) is 10.3 Å². The zero-order chi connectivity index (χ0) is 21.0. The van der Waals surface area contributed by atoms with Crippen LogP contribution in [-0.4, -0.2) is 25.1 Å². The lowest BCUT2D eigenvalue weighted by Crippen LogP contribution is -2.14. The lowest BCUT2D eigenvalue weighted by molar-refractivity contribution is -0.116. The Kier molecular flexibility index (Phi) is 6.39. The molecule has 0 bridgehead atoms. The highest BCUT2D eigenvalue weighted by molar-refractivity contribution is 7.91. The highest BCUT2D eigenvalue weighted by Gasteiger charge is 2.15. The van der Waals surface area contributed by atoms with Crippen LogP contribution in [0.2, 0.25) is 0 Å². The molecule has 0 saturated heterocycles. The van der Waals surface area contributed by atoms with E-state index in [1.165, 1.54) is 6.07 Å². The molecule has 3 rings (SSSR count). The number of nitrogens with one attached hydrogen (secondary N) is 1. The average molecular weight is 437 g/mol. The molecule has 0 unspecified atom stereocenters. The second-order valence-corrected chi connectivity index (χ2v) is 9.42. The third-order valence-electron chi connectivity index (χ3n) is 4.16. The van der Waals surface area contributed by atoms with Crippen molar-refractivity contribution in [3.63, 3.8) is 0 Å². The minimum Gasteiger partial charge on any atom is -0.302 e. The van der Waals surface area contributed by atoms with Crippen molar-refractivity contribution in [1.82, 2.24) is 4.98 Å². The predicted molar refractivity (Wildman–Crippen MR) is 109 cm³/mol. The molecule has 1 amide bonds. The maximum Gasteiger partial charge on any atom is 0.226 e. The van der Waals surface area contributed by atoms with Gasteiger partial charge in [-0.15, -0.1) is 11.3 Å². The van der Waals surface area contributed by atoms with Gasteiger partial charge in [-0.2, -0.15) is 0 Å². The summed E-state index contributed by atoms with van der Waals surface area (Å²) in [6.07, 6.45) is 0.189. The van der Waals surface area contributed by atoms with Crippen LogP contribution >= 0.6 is 11.3 Å². The normalized spacial score (nSPS) is 11.4. The van der Waals surface area contributed by atoms with Crippen LogP contribution in [0.5, 0.6) is 0 Å². The third-order valence-corrected chi connectivity index (χ3v) is 6.74. The number of benzene rings is 2. The standard InChI is InChI=1S/C20H18F2N2O3S2/c1-13-4-7-15(8-5-13)29(26,27)10-2-3-19(25)24-20-23-18(12-28-20)14-6-9-16(21)17(22)11-14/h4-9,11-12H,2-3,10H2,1H3,(H,23,24,25). The van der Waals surface area contributed by atoms with Crippen molar-refractivity contribution in [2.75, 3.05) is 11.1 Å². The number of rotatable bonds is 7. The number of sulfone groups is 1. The molecule has 0 saturated carbocycles. The highest BCUT2D eigenvalue weighted by atomic mass is 32.2. The molecule has 1 aromatic heterocycles. The SMILES string of the molecule is Cc1ccc(S(=O)(=O)CCCC(=O)Nc2nc(-c3ccc(F)c(F)c3)cs2)cc1. The van der Waals surface area contributed by atoms with E-state index in [0.29, 0.717) is 16.4 Å². The van der Waals surface area contributed by atoms with Crippen molar-refractivity contribution in [2.24, 2.45) is 0 Å². The molecule has 0 atom stereocenters. The van der Waals surface area contributed by atoms with E-state index in [-0.39, 0.29) is 29.4 Å². The molecular weight excluding hydrogens is 418 g/mol. The van der Waals surface area contributed by atoms with Crippen LogP contribution in [0.15, 0.2) is 52.7 Å². The minimum absolute atomic E-state index is 0.0190. The van der Waals surface area contributed by atoms with Crippen molar-refractivity contribution < 1.29 is 22.0 Å². The first-order chi connectivity index (χ1) is 13.7. The molecule has 0 spiro atoms. The topological polar surface area (TPSA) is 76.1 Å². The van der Waals surface area contributed by atoms with E-state index in [1.54, 1.807) is 29.6 Å². The van der Waals surface area contributed by atoms with Crippen molar-refractivity contribution in [3.05, 3.63) is 65.0 Å². The Morgan fingerprint density at radius 3 is 2.52 bits per heavy atom. The number of amides is 1. The van der Waals surface area contributed by atoms with Gasteiger partial charge >= 0.3 is 0 Å². The Balaban J connectivity index is 1.54. The van der Waals surface area contributed by atoms with Crippen LogP contribution in [0.4, 0.5) is 13.9 Å². The summed E-state index contributed by atoms with van der Waals surface area (Å²) < 4.78 is 51.0. The van der Waals surface area contributed by atoms with Gasteiger partial charge in [-0.25, -0.2) is 22.2 Å². The van der Waals surface area contributed by atoms with Crippen LogP contribution in [0.3, 0.4) is 0 Å². The van der Waals surface area contributed by atoms with E-state index in [1.807, 2.05) is 6.92 Å². The molecule has 2 aromatic carbocycles. The van der Waals surface area contributed by atoms with Gasteiger partial charge in [0.2, 0.25) is 5.91 Å². The van der Waals surface area contributed by atoms with Crippen molar-refractivity contribution >= 4 is 32.2 Å². The number of anilines is 1. The molecule has 3 aromatic rings. The molecular formula is C20H18F2N2O3S2. The third kappa shape index (κ3) is 5.45. The lowest BCUT2D eigenvalue weighted by atomic mass is 10.2. The summed E-state index contributed by atoms with van der Waals surface area (Å²) in [5, 5.41) is 4.51. The van der Waals surface area contributed by atoms with Gasteiger partial charge in [0.15, 0.2) is 26.6 Å². The summed E-state index contributed by atoms with van der Waals surface area (Å²) in [7, 11) is -3.44. The number of aromatic nitrogens is 1. The number of nitrogens with zero attached hydrogens (tertiary/aromatic N) is 1. The molecule has 1 heterocycles. The van der Waals surface area contributed by atoms with Gasteiger partial charge in [0.05, 0.1) is 16.3 Å². The average Bonchev–Trinajstić information content (AvgIpc) is 3.12. The van der Waals surface area contributed by atoms with Gasteiger partial charge in [-0.1, -0.05) is 17.7 Å². The van der Waals surface area contributed by atoms with Gasteiger partial charge < -0.3 is 5.32 Å². The molecule has 0 fully saturated rings. The summed E-state index contributed by atoms with van der Waals surface area (Å²) in [6.45, 7) is 1.87. The fourth-order valence-electron chi connectivity index (χ4n) is 2.59. The zero-order valence-corrected chi connectivity index (χ0v) is 17.1. The predicted octanol–water partition coefficient (Wildman–Crippen LogP) is 4.59. The quantitative estimate of drug-likeness (QED) is 0.588. The number of hydrogen-bond donors (Lipinski definition) is 1. The highest BCUT2D eigenvalue weighted by Crippen LogP contribution is 2.26. The second-order valence-electron chi connectivity index (χ2n) is 6.45. The lowest BCUT2D eigenvalue weighted by Gasteiger charge is -2.05. The number of hydrogen-bond acceptors (Lipinski definition) is 5. The van der Waals surface area contributed by atoms with Crippen LogP contribution in [0, 0.1) is 18.6 Å². The Morgan fingerprint density at radius 1 is 1.10 bits per heavy atom. The number of aryl methyl sites for hydroxylation is 1. The van der Waals surface area contributed by atoms with Gasteiger partial charge in [0, 0.05) is 17.4 Å². The van der Waals surface area contributed by atoms with Crippen molar-refractivity contribution in [2.45, 2.75) is 24.7 Å². The molecule has 0 radical (unpaired) electrons. The first-order valence-corrected chi connectivity index (χ1v) is 11.3. The van der Waals surface area contributed by atoms with Crippen LogP contribution in [0.25, 0.3) is 11.3 Å². The van der Waals surface area contributed by atoms with E-state index in [9.17, 15) is 22.0 Å². The van der Waals surface area contributed by atoms with Gasteiger partial charge in [-0.05, 0) is 43.7 Å². The fourth-order valence-corrected chi connectivity index (χ4v) is 4.63. The summed E-state index contributed by atoms with van der Waals surface area (Å²) in [4.78, 5) is 16.5. The molecule has 0 aliphatic carbocycles. The Bertz CT molecular complexity index is 1130. The first kappa shape index (κ1) is 21.1. The van der Waals surface area contributed by atoms with Crippen LogP contribution < -0.4 is 5.32 Å². The summed E-state index contributed by atoms with van der Waals surface area (Å²) >= 11 is 1.14. The molecule has 29 heavy (non-hydrogen) atoms.